The largest absolute Gasteiger partial charge is 0.339 e. The van der Waals surface area contributed by atoms with Gasteiger partial charge in [0.2, 0.25) is 27.6 Å². The molecule has 2 N–H and O–H groups in total. The van der Waals surface area contributed by atoms with Gasteiger partial charge in [-0.2, -0.15) is 9.71 Å². The number of amides is 1. The molecule has 0 bridgehead atoms. The maximum Gasteiger partial charge on any atom is 0.242 e. The van der Waals surface area contributed by atoms with E-state index in [1.54, 1.807) is 19.1 Å². The SMILES string of the molecule is Cc1ccc(-c2noc(C3CC3)n2)cc1S(=O)(=O)N[C@H](C)C(=O)Nc1cccc(F)c1. The van der Waals surface area contributed by atoms with Gasteiger partial charge in [0.25, 0.3) is 0 Å². The molecule has 1 heterocycles. The van der Waals surface area contributed by atoms with E-state index < -0.39 is 27.8 Å². The molecule has 1 fully saturated rings. The Hall–Kier alpha value is -3.11. The fourth-order valence-corrected chi connectivity index (χ4v) is 4.52. The summed E-state index contributed by atoms with van der Waals surface area (Å²) in [6, 6.07) is 9.07. The first-order valence-corrected chi connectivity index (χ1v) is 11.2. The highest BCUT2D eigenvalue weighted by Gasteiger charge is 2.30. The van der Waals surface area contributed by atoms with Crippen LogP contribution in [0.15, 0.2) is 51.9 Å². The quantitative estimate of drug-likeness (QED) is 0.578. The molecule has 4 rings (SSSR count). The molecule has 1 atom stereocenters. The number of aromatic nitrogens is 2. The number of hydrogen-bond donors (Lipinski definition) is 2. The minimum Gasteiger partial charge on any atom is -0.339 e. The molecule has 1 amide bonds. The fourth-order valence-electron chi connectivity index (χ4n) is 3.04. The maximum atomic E-state index is 13.3. The summed E-state index contributed by atoms with van der Waals surface area (Å²) in [5, 5.41) is 6.44. The summed E-state index contributed by atoms with van der Waals surface area (Å²) in [6.07, 6.45) is 2.02. The van der Waals surface area contributed by atoms with Crippen LogP contribution in [0, 0.1) is 12.7 Å². The molecular formula is C21H21FN4O4S. The fraction of sp³-hybridized carbons (Fsp3) is 0.286. The van der Waals surface area contributed by atoms with E-state index in [1.165, 1.54) is 31.2 Å². The number of sulfonamides is 1. The zero-order valence-electron chi connectivity index (χ0n) is 16.9. The maximum absolute atomic E-state index is 13.3. The molecular weight excluding hydrogens is 423 g/mol. The summed E-state index contributed by atoms with van der Waals surface area (Å²) in [5.41, 5.74) is 1.23. The minimum absolute atomic E-state index is 0.00757. The summed E-state index contributed by atoms with van der Waals surface area (Å²) in [5.74, 6) is 0.0324. The van der Waals surface area contributed by atoms with Crippen LogP contribution in [-0.4, -0.2) is 30.5 Å². The molecule has 3 aromatic rings. The molecule has 0 radical (unpaired) electrons. The average molecular weight is 444 g/mol. The van der Waals surface area contributed by atoms with Crippen molar-refractivity contribution in [3.63, 3.8) is 0 Å². The Morgan fingerprint density at radius 3 is 2.71 bits per heavy atom. The lowest BCUT2D eigenvalue weighted by atomic mass is 10.1. The lowest BCUT2D eigenvalue weighted by Gasteiger charge is -2.16. The number of carbonyl (C=O) groups excluding carboxylic acids is 1. The zero-order chi connectivity index (χ0) is 22.2. The number of nitrogens with one attached hydrogen (secondary N) is 2. The van der Waals surface area contributed by atoms with E-state index in [2.05, 4.69) is 20.2 Å². The summed E-state index contributed by atoms with van der Waals surface area (Å²) >= 11 is 0. The summed E-state index contributed by atoms with van der Waals surface area (Å²) in [6.45, 7) is 3.06. The predicted molar refractivity (Wildman–Crippen MR) is 111 cm³/mol. The van der Waals surface area contributed by atoms with Gasteiger partial charge in [0.15, 0.2) is 0 Å². The number of benzene rings is 2. The van der Waals surface area contributed by atoms with Crippen LogP contribution in [0.2, 0.25) is 0 Å². The van der Waals surface area contributed by atoms with Gasteiger partial charge >= 0.3 is 0 Å². The van der Waals surface area contributed by atoms with Crippen LogP contribution in [0.5, 0.6) is 0 Å². The van der Waals surface area contributed by atoms with Gasteiger partial charge in [-0.05, 0) is 56.5 Å². The molecule has 0 aliphatic heterocycles. The molecule has 8 nitrogen and oxygen atoms in total. The second-order valence-corrected chi connectivity index (χ2v) is 9.24. The van der Waals surface area contributed by atoms with Gasteiger partial charge in [-0.3, -0.25) is 4.79 Å². The monoisotopic (exact) mass is 444 g/mol. The third-order valence-corrected chi connectivity index (χ3v) is 6.60. The van der Waals surface area contributed by atoms with Gasteiger partial charge < -0.3 is 9.84 Å². The summed E-state index contributed by atoms with van der Waals surface area (Å²) < 4.78 is 46.9. The van der Waals surface area contributed by atoms with E-state index in [1.807, 2.05) is 0 Å². The normalized spacial score (nSPS) is 14.9. The highest BCUT2D eigenvalue weighted by Crippen LogP contribution is 2.39. The van der Waals surface area contributed by atoms with E-state index in [0.29, 0.717) is 22.8 Å². The Balaban J connectivity index is 1.52. The first kappa shape index (κ1) is 21.1. The van der Waals surface area contributed by atoms with Crippen molar-refractivity contribution < 1.29 is 22.1 Å². The molecule has 0 saturated heterocycles. The molecule has 1 aliphatic rings. The summed E-state index contributed by atoms with van der Waals surface area (Å²) in [4.78, 5) is 16.7. The van der Waals surface area contributed by atoms with E-state index in [4.69, 9.17) is 4.52 Å². The van der Waals surface area contributed by atoms with Crippen molar-refractivity contribution in [1.82, 2.24) is 14.9 Å². The second-order valence-electron chi connectivity index (χ2n) is 7.55. The number of carbonyl (C=O) groups is 1. The topological polar surface area (TPSA) is 114 Å². The van der Waals surface area contributed by atoms with Crippen molar-refractivity contribution in [1.29, 1.82) is 0 Å². The lowest BCUT2D eigenvalue weighted by molar-refractivity contribution is -0.117. The number of halogens is 1. The molecule has 0 unspecified atom stereocenters. The Labute approximate surface area is 178 Å². The number of nitrogens with zero attached hydrogens (tertiary/aromatic N) is 2. The predicted octanol–water partition coefficient (Wildman–Crippen LogP) is 3.37. The van der Waals surface area contributed by atoms with E-state index >= 15 is 0 Å². The molecule has 162 valence electrons. The van der Waals surface area contributed by atoms with Crippen LogP contribution in [0.25, 0.3) is 11.4 Å². The number of rotatable bonds is 7. The molecule has 31 heavy (non-hydrogen) atoms. The van der Waals surface area contributed by atoms with Crippen LogP contribution in [-0.2, 0) is 14.8 Å². The first-order valence-electron chi connectivity index (χ1n) is 9.76. The van der Waals surface area contributed by atoms with Crippen LogP contribution in [0.4, 0.5) is 10.1 Å². The smallest absolute Gasteiger partial charge is 0.242 e. The molecule has 1 aliphatic carbocycles. The standard InChI is InChI=1S/C21H21FN4O4S/c1-12-6-7-15(19-24-21(30-25-19)14-8-9-14)10-18(12)31(28,29)26-13(2)20(27)23-17-5-3-4-16(22)11-17/h3-7,10-11,13-14,26H,8-9H2,1-2H3,(H,23,27)/t13-/m1/s1. The van der Waals surface area contributed by atoms with Gasteiger partial charge in [-0.15, -0.1) is 0 Å². The number of anilines is 1. The number of hydrogen-bond acceptors (Lipinski definition) is 6. The van der Waals surface area contributed by atoms with E-state index in [-0.39, 0.29) is 16.5 Å². The van der Waals surface area contributed by atoms with E-state index in [0.717, 1.165) is 18.9 Å². The Morgan fingerprint density at radius 2 is 2.00 bits per heavy atom. The van der Waals surface area contributed by atoms with Crippen molar-refractivity contribution in [3.05, 3.63) is 59.7 Å². The van der Waals surface area contributed by atoms with Crippen LogP contribution in [0.3, 0.4) is 0 Å². The molecule has 0 spiro atoms. The van der Waals surface area contributed by atoms with Crippen LogP contribution >= 0.6 is 0 Å². The minimum atomic E-state index is -4.03. The van der Waals surface area contributed by atoms with Gasteiger partial charge in [0.1, 0.15) is 5.82 Å². The van der Waals surface area contributed by atoms with Gasteiger partial charge in [-0.1, -0.05) is 23.4 Å². The Morgan fingerprint density at radius 1 is 1.23 bits per heavy atom. The third kappa shape index (κ3) is 4.80. The van der Waals surface area contributed by atoms with Crippen molar-refractivity contribution >= 4 is 21.6 Å². The Kier molecular flexibility index (Phi) is 5.59. The molecule has 1 aromatic heterocycles. The second kappa shape index (κ2) is 8.20. The number of aryl methyl sites for hydroxylation is 1. The molecule has 1 saturated carbocycles. The van der Waals surface area contributed by atoms with Crippen molar-refractivity contribution in [2.45, 2.75) is 43.5 Å². The van der Waals surface area contributed by atoms with Gasteiger partial charge in [0.05, 0.1) is 10.9 Å². The van der Waals surface area contributed by atoms with Gasteiger partial charge in [0, 0.05) is 17.2 Å². The van der Waals surface area contributed by atoms with Crippen molar-refractivity contribution in [3.8, 4) is 11.4 Å². The summed E-state index contributed by atoms with van der Waals surface area (Å²) in [7, 11) is -4.03. The van der Waals surface area contributed by atoms with Crippen molar-refractivity contribution in [2.75, 3.05) is 5.32 Å². The van der Waals surface area contributed by atoms with E-state index in [9.17, 15) is 17.6 Å². The third-order valence-electron chi connectivity index (χ3n) is 4.92. The van der Waals surface area contributed by atoms with Crippen molar-refractivity contribution in [2.24, 2.45) is 0 Å². The average Bonchev–Trinajstić information content (AvgIpc) is 3.45. The molecule has 10 heteroatoms. The highest BCUT2D eigenvalue weighted by molar-refractivity contribution is 7.89. The first-order chi connectivity index (χ1) is 14.7. The van der Waals surface area contributed by atoms with Crippen LogP contribution in [0.1, 0.15) is 37.1 Å². The van der Waals surface area contributed by atoms with Gasteiger partial charge in [-0.25, -0.2) is 12.8 Å². The zero-order valence-corrected chi connectivity index (χ0v) is 17.7. The molecule has 2 aromatic carbocycles. The highest BCUT2D eigenvalue weighted by atomic mass is 32.2. The Bertz CT molecular complexity index is 1240. The van der Waals surface area contributed by atoms with Crippen LogP contribution < -0.4 is 10.0 Å². The lowest BCUT2D eigenvalue weighted by Crippen LogP contribution is -2.41.